The third-order valence-corrected chi connectivity index (χ3v) is 3.51. The Morgan fingerprint density at radius 1 is 0.958 bits per heavy atom. The van der Waals surface area contributed by atoms with E-state index in [1.165, 1.54) is 4.90 Å². The van der Waals surface area contributed by atoms with Crippen molar-refractivity contribution in [1.29, 1.82) is 0 Å². The number of carbonyl (C=O) groups excluding carboxylic acids is 2. The zero-order chi connectivity index (χ0) is 17.5. The average molecular weight is 325 g/mol. The fourth-order valence-electron chi connectivity index (χ4n) is 2.38. The van der Waals surface area contributed by atoms with Gasteiger partial charge in [0.2, 0.25) is 5.91 Å². The summed E-state index contributed by atoms with van der Waals surface area (Å²) in [6, 6.07) is 17.0. The second-order valence-corrected chi connectivity index (χ2v) is 5.99. The number of carbonyl (C=O) groups is 2. The van der Waals surface area contributed by atoms with Crippen molar-refractivity contribution < 1.29 is 9.59 Å². The Morgan fingerprint density at radius 3 is 2.33 bits per heavy atom. The number of rotatable bonds is 6. The minimum Gasteiger partial charge on any atom is -0.345 e. The van der Waals surface area contributed by atoms with Crippen molar-refractivity contribution in [1.82, 2.24) is 9.80 Å². The number of nitrogens with zero attached hydrogens (tertiary/aromatic N) is 2. The van der Waals surface area contributed by atoms with Crippen LogP contribution in [0.3, 0.4) is 0 Å². The van der Waals surface area contributed by atoms with Crippen LogP contribution in [0, 0.1) is 0 Å². The van der Waals surface area contributed by atoms with Gasteiger partial charge in [-0.15, -0.1) is 0 Å². The van der Waals surface area contributed by atoms with E-state index in [4.69, 9.17) is 0 Å². The van der Waals surface area contributed by atoms with E-state index in [1.807, 2.05) is 42.3 Å². The number of benzene rings is 2. The molecule has 2 rings (SSSR count). The van der Waals surface area contributed by atoms with Crippen molar-refractivity contribution in [3.63, 3.8) is 0 Å². The third-order valence-electron chi connectivity index (χ3n) is 3.51. The highest BCUT2D eigenvalue weighted by Crippen LogP contribution is 2.12. The molecule has 0 aliphatic rings. The van der Waals surface area contributed by atoms with Gasteiger partial charge in [0, 0.05) is 31.9 Å². The minimum absolute atomic E-state index is 0.0905. The highest BCUT2D eigenvalue weighted by atomic mass is 16.2. The van der Waals surface area contributed by atoms with Crippen molar-refractivity contribution >= 4 is 17.5 Å². The van der Waals surface area contributed by atoms with E-state index < -0.39 is 0 Å². The predicted octanol–water partition coefficient (Wildman–Crippen LogP) is 2.46. The molecule has 0 bridgehead atoms. The van der Waals surface area contributed by atoms with Crippen molar-refractivity contribution in [2.45, 2.75) is 6.54 Å². The van der Waals surface area contributed by atoms with Gasteiger partial charge in [-0.05, 0) is 30.8 Å². The summed E-state index contributed by atoms with van der Waals surface area (Å²) in [4.78, 5) is 27.6. The summed E-state index contributed by atoms with van der Waals surface area (Å²) in [6.07, 6.45) is 0. The van der Waals surface area contributed by atoms with Gasteiger partial charge >= 0.3 is 0 Å². The average Bonchev–Trinajstić information content (AvgIpc) is 2.54. The molecule has 5 heteroatoms. The van der Waals surface area contributed by atoms with Crippen molar-refractivity contribution in [2.75, 3.05) is 33.0 Å². The zero-order valence-electron chi connectivity index (χ0n) is 14.3. The summed E-state index contributed by atoms with van der Waals surface area (Å²) < 4.78 is 0. The Bertz CT molecular complexity index is 699. The summed E-state index contributed by atoms with van der Waals surface area (Å²) >= 11 is 0. The van der Waals surface area contributed by atoms with Crippen LogP contribution in [0.25, 0.3) is 0 Å². The standard InChI is InChI=1S/C19H23N3O2/c1-21(2)19(24)16-10-7-11-17(12-16)20-18(23)14-22(3)13-15-8-5-4-6-9-15/h4-12H,13-14H2,1-3H3,(H,20,23). The van der Waals surface area contributed by atoms with E-state index in [9.17, 15) is 9.59 Å². The van der Waals surface area contributed by atoms with Gasteiger partial charge in [-0.1, -0.05) is 36.4 Å². The molecule has 2 aromatic carbocycles. The molecular formula is C19H23N3O2. The predicted molar refractivity (Wildman–Crippen MR) is 95.9 cm³/mol. The largest absolute Gasteiger partial charge is 0.345 e. The summed E-state index contributed by atoms with van der Waals surface area (Å²) in [5, 5.41) is 2.84. The molecule has 0 saturated carbocycles. The van der Waals surface area contributed by atoms with Gasteiger partial charge in [-0.2, -0.15) is 0 Å². The van der Waals surface area contributed by atoms with E-state index in [1.54, 1.807) is 38.4 Å². The second kappa shape index (κ2) is 8.26. The van der Waals surface area contributed by atoms with Crippen LogP contribution in [0.1, 0.15) is 15.9 Å². The second-order valence-electron chi connectivity index (χ2n) is 5.99. The fraction of sp³-hybridized carbons (Fsp3) is 0.263. The van der Waals surface area contributed by atoms with E-state index in [0.717, 1.165) is 5.56 Å². The zero-order valence-corrected chi connectivity index (χ0v) is 14.3. The first kappa shape index (κ1) is 17.7. The number of amides is 2. The Kier molecular flexibility index (Phi) is 6.09. The number of nitrogens with one attached hydrogen (secondary N) is 1. The lowest BCUT2D eigenvalue weighted by molar-refractivity contribution is -0.117. The van der Waals surface area contributed by atoms with Crippen molar-refractivity contribution in [2.24, 2.45) is 0 Å². The Hall–Kier alpha value is -2.66. The first-order chi connectivity index (χ1) is 11.5. The molecule has 0 aromatic heterocycles. The summed E-state index contributed by atoms with van der Waals surface area (Å²) in [5.74, 6) is -0.199. The maximum Gasteiger partial charge on any atom is 0.253 e. The lowest BCUT2D eigenvalue weighted by Gasteiger charge is -2.17. The molecule has 126 valence electrons. The third kappa shape index (κ3) is 5.21. The topological polar surface area (TPSA) is 52.7 Å². The van der Waals surface area contributed by atoms with Crippen molar-refractivity contribution in [3.8, 4) is 0 Å². The van der Waals surface area contributed by atoms with Gasteiger partial charge in [-0.25, -0.2) is 0 Å². The number of anilines is 1. The van der Waals surface area contributed by atoms with Crippen LogP contribution < -0.4 is 5.32 Å². The van der Waals surface area contributed by atoms with Crippen LogP contribution in [0.15, 0.2) is 54.6 Å². The molecule has 0 spiro atoms. The number of hydrogen-bond donors (Lipinski definition) is 1. The van der Waals surface area contributed by atoms with Crippen LogP contribution in [0.5, 0.6) is 0 Å². The number of likely N-dealkylation sites (N-methyl/N-ethyl adjacent to an activating group) is 1. The van der Waals surface area contributed by atoms with Gasteiger partial charge in [0.15, 0.2) is 0 Å². The lowest BCUT2D eigenvalue weighted by atomic mass is 10.2. The molecule has 0 atom stereocenters. The molecule has 0 heterocycles. The molecule has 0 radical (unpaired) electrons. The molecular weight excluding hydrogens is 302 g/mol. The quantitative estimate of drug-likeness (QED) is 0.887. The highest BCUT2D eigenvalue weighted by Gasteiger charge is 2.11. The SMILES string of the molecule is CN(CC(=O)Nc1cccc(C(=O)N(C)C)c1)Cc1ccccc1. The van der Waals surface area contributed by atoms with Crippen LogP contribution in [0.2, 0.25) is 0 Å². The normalized spacial score (nSPS) is 10.5. The maximum atomic E-state index is 12.2. The van der Waals surface area contributed by atoms with Crippen LogP contribution >= 0.6 is 0 Å². The molecule has 1 N–H and O–H groups in total. The molecule has 2 aromatic rings. The van der Waals surface area contributed by atoms with E-state index in [0.29, 0.717) is 17.8 Å². The van der Waals surface area contributed by atoms with Crippen molar-refractivity contribution in [3.05, 3.63) is 65.7 Å². The first-order valence-electron chi connectivity index (χ1n) is 7.80. The van der Waals surface area contributed by atoms with Gasteiger partial charge in [0.1, 0.15) is 0 Å². The molecule has 0 unspecified atom stereocenters. The smallest absolute Gasteiger partial charge is 0.253 e. The van der Waals surface area contributed by atoms with E-state index in [-0.39, 0.29) is 18.4 Å². The summed E-state index contributed by atoms with van der Waals surface area (Å²) in [6.45, 7) is 0.980. The van der Waals surface area contributed by atoms with Crippen LogP contribution in [0.4, 0.5) is 5.69 Å². The summed E-state index contributed by atoms with van der Waals surface area (Å²) in [7, 11) is 5.30. The molecule has 0 aliphatic heterocycles. The Labute approximate surface area is 142 Å². The highest BCUT2D eigenvalue weighted by molar-refractivity contribution is 5.97. The van der Waals surface area contributed by atoms with Crippen LogP contribution in [-0.2, 0) is 11.3 Å². The molecule has 5 nitrogen and oxygen atoms in total. The van der Waals surface area contributed by atoms with E-state index >= 15 is 0 Å². The Balaban J connectivity index is 1.92. The first-order valence-corrected chi connectivity index (χ1v) is 7.80. The van der Waals surface area contributed by atoms with Gasteiger partial charge in [-0.3, -0.25) is 14.5 Å². The lowest BCUT2D eigenvalue weighted by Crippen LogP contribution is -2.30. The molecule has 24 heavy (non-hydrogen) atoms. The van der Waals surface area contributed by atoms with Gasteiger partial charge in [0.25, 0.3) is 5.91 Å². The molecule has 0 saturated heterocycles. The molecule has 2 amide bonds. The van der Waals surface area contributed by atoms with Gasteiger partial charge in [0.05, 0.1) is 6.54 Å². The summed E-state index contributed by atoms with van der Waals surface area (Å²) in [5.41, 5.74) is 2.34. The number of hydrogen-bond acceptors (Lipinski definition) is 3. The molecule has 0 aliphatic carbocycles. The molecule has 0 fully saturated rings. The fourth-order valence-corrected chi connectivity index (χ4v) is 2.38. The maximum absolute atomic E-state index is 12.2. The van der Waals surface area contributed by atoms with Gasteiger partial charge < -0.3 is 10.2 Å². The Morgan fingerprint density at radius 2 is 1.67 bits per heavy atom. The van der Waals surface area contributed by atoms with E-state index in [2.05, 4.69) is 5.32 Å². The minimum atomic E-state index is -0.108. The van der Waals surface area contributed by atoms with Crippen LogP contribution in [-0.4, -0.2) is 49.3 Å². The monoisotopic (exact) mass is 325 g/mol.